The van der Waals surface area contributed by atoms with E-state index in [1.54, 1.807) is 12.1 Å². The van der Waals surface area contributed by atoms with Gasteiger partial charge in [-0.3, -0.25) is 9.69 Å². The molecule has 1 aliphatic rings. The van der Waals surface area contributed by atoms with E-state index < -0.39 is 23.4 Å². The zero-order valence-corrected chi connectivity index (χ0v) is 14.9. The molecule has 140 valence electrons. The predicted molar refractivity (Wildman–Crippen MR) is 96.6 cm³/mol. The van der Waals surface area contributed by atoms with Gasteiger partial charge in [0.25, 0.3) is 5.91 Å². The van der Waals surface area contributed by atoms with E-state index in [-0.39, 0.29) is 23.7 Å². The van der Waals surface area contributed by atoms with E-state index in [1.165, 1.54) is 17.0 Å². The zero-order chi connectivity index (χ0) is 19.0. The number of rotatable bonds is 4. The van der Waals surface area contributed by atoms with Crippen LogP contribution in [0.3, 0.4) is 0 Å². The van der Waals surface area contributed by atoms with Crippen molar-refractivity contribution >= 4 is 32.6 Å². The number of halogens is 3. The standard InChI is InChI=1S/C19H15F3N2O2S/c20-13-7-6-11(9-15(13)22)18(25)24(10-12-3-2-8-26-12)19-23-17-14(21)4-1-5-16(17)27-19/h1,4-7,9,12H,2-3,8,10H2. The highest BCUT2D eigenvalue weighted by atomic mass is 32.1. The topological polar surface area (TPSA) is 42.4 Å². The van der Waals surface area contributed by atoms with Crippen molar-refractivity contribution in [1.82, 2.24) is 4.98 Å². The third-order valence-electron chi connectivity index (χ3n) is 4.41. The second-order valence-electron chi connectivity index (χ2n) is 6.26. The average molecular weight is 392 g/mol. The molecular formula is C19H15F3N2O2S. The van der Waals surface area contributed by atoms with Gasteiger partial charge in [0.1, 0.15) is 11.3 Å². The number of aromatic nitrogens is 1. The molecule has 4 nitrogen and oxygen atoms in total. The lowest BCUT2D eigenvalue weighted by Crippen LogP contribution is -2.37. The lowest BCUT2D eigenvalue weighted by Gasteiger charge is -2.23. The molecule has 0 radical (unpaired) electrons. The number of amides is 1. The molecule has 1 atom stereocenters. The molecule has 0 N–H and O–H groups in total. The van der Waals surface area contributed by atoms with Gasteiger partial charge < -0.3 is 4.74 Å². The third kappa shape index (κ3) is 3.54. The van der Waals surface area contributed by atoms with Crippen LogP contribution in [0.4, 0.5) is 18.3 Å². The Hall–Kier alpha value is -2.45. The number of thiazole rings is 1. The van der Waals surface area contributed by atoms with Crippen molar-refractivity contribution < 1.29 is 22.7 Å². The summed E-state index contributed by atoms with van der Waals surface area (Å²) in [5.74, 6) is -3.15. The number of hydrogen-bond donors (Lipinski definition) is 0. The van der Waals surface area contributed by atoms with E-state index >= 15 is 0 Å². The SMILES string of the molecule is O=C(c1ccc(F)c(F)c1)N(CC1CCCO1)c1nc2c(F)cccc2s1. The van der Waals surface area contributed by atoms with Crippen LogP contribution < -0.4 is 4.90 Å². The van der Waals surface area contributed by atoms with E-state index in [0.29, 0.717) is 16.4 Å². The van der Waals surface area contributed by atoms with E-state index in [1.807, 2.05) is 0 Å². The molecule has 0 spiro atoms. The van der Waals surface area contributed by atoms with Gasteiger partial charge in [0.15, 0.2) is 16.8 Å². The molecule has 1 amide bonds. The summed E-state index contributed by atoms with van der Waals surface area (Å²) >= 11 is 1.16. The van der Waals surface area contributed by atoms with Crippen molar-refractivity contribution in [2.45, 2.75) is 18.9 Å². The van der Waals surface area contributed by atoms with Gasteiger partial charge in [-0.05, 0) is 43.2 Å². The van der Waals surface area contributed by atoms with E-state index in [4.69, 9.17) is 4.74 Å². The molecule has 1 unspecified atom stereocenters. The van der Waals surface area contributed by atoms with E-state index in [0.717, 1.165) is 36.3 Å². The molecule has 1 fully saturated rings. The highest BCUT2D eigenvalue weighted by Crippen LogP contribution is 2.32. The number of para-hydroxylation sites is 1. The third-order valence-corrected chi connectivity index (χ3v) is 5.45. The van der Waals surface area contributed by atoms with Crippen molar-refractivity contribution in [2.75, 3.05) is 18.1 Å². The van der Waals surface area contributed by atoms with Crippen LogP contribution >= 0.6 is 11.3 Å². The number of fused-ring (bicyclic) bond motifs is 1. The van der Waals surface area contributed by atoms with E-state index in [9.17, 15) is 18.0 Å². The highest BCUT2D eigenvalue weighted by Gasteiger charge is 2.28. The molecule has 1 aliphatic heterocycles. The lowest BCUT2D eigenvalue weighted by molar-refractivity contribution is 0.0917. The van der Waals surface area contributed by atoms with Gasteiger partial charge in [-0.2, -0.15) is 0 Å². The Labute approximate surface area is 157 Å². The first kappa shape index (κ1) is 17.9. The first-order valence-electron chi connectivity index (χ1n) is 8.46. The first-order valence-corrected chi connectivity index (χ1v) is 9.28. The zero-order valence-electron chi connectivity index (χ0n) is 14.1. The van der Waals surface area contributed by atoms with Gasteiger partial charge in [-0.25, -0.2) is 18.2 Å². The molecule has 4 rings (SSSR count). The molecular weight excluding hydrogens is 377 g/mol. The second kappa shape index (κ2) is 7.28. The number of nitrogens with zero attached hydrogens (tertiary/aromatic N) is 2. The molecule has 1 aromatic heterocycles. The molecule has 0 bridgehead atoms. The molecule has 8 heteroatoms. The van der Waals surface area contributed by atoms with Gasteiger partial charge in [0, 0.05) is 12.2 Å². The molecule has 2 aromatic carbocycles. The van der Waals surface area contributed by atoms with Crippen LogP contribution in [0.1, 0.15) is 23.2 Å². The predicted octanol–water partition coefficient (Wildman–Crippen LogP) is 4.54. The summed E-state index contributed by atoms with van der Waals surface area (Å²) < 4.78 is 47.0. The maximum Gasteiger partial charge on any atom is 0.260 e. The summed E-state index contributed by atoms with van der Waals surface area (Å²) in [7, 11) is 0. The van der Waals surface area contributed by atoms with Crippen LogP contribution in [0.5, 0.6) is 0 Å². The summed E-state index contributed by atoms with van der Waals surface area (Å²) in [5, 5.41) is 0.292. The van der Waals surface area contributed by atoms with Gasteiger partial charge in [0.05, 0.1) is 17.3 Å². The fraction of sp³-hybridized carbons (Fsp3) is 0.263. The molecule has 0 saturated carbocycles. The Bertz CT molecular complexity index is 1000. The summed E-state index contributed by atoms with van der Waals surface area (Å²) in [6, 6.07) is 7.57. The number of carbonyl (C=O) groups is 1. The second-order valence-corrected chi connectivity index (χ2v) is 7.27. The molecule has 0 aliphatic carbocycles. The van der Waals surface area contributed by atoms with Crippen LogP contribution in [0.25, 0.3) is 10.2 Å². The fourth-order valence-electron chi connectivity index (χ4n) is 3.04. The number of hydrogen-bond acceptors (Lipinski definition) is 4. The van der Waals surface area contributed by atoms with Crippen molar-refractivity contribution in [3.8, 4) is 0 Å². The van der Waals surface area contributed by atoms with Gasteiger partial charge in [-0.1, -0.05) is 17.4 Å². The summed E-state index contributed by atoms with van der Waals surface area (Å²) in [5.41, 5.74) is 0.166. The minimum Gasteiger partial charge on any atom is -0.376 e. The monoisotopic (exact) mass is 392 g/mol. The maximum atomic E-state index is 14.0. The Kier molecular flexibility index (Phi) is 4.84. The Morgan fingerprint density at radius 2 is 2.04 bits per heavy atom. The number of ether oxygens (including phenoxy) is 1. The molecule has 1 saturated heterocycles. The van der Waals surface area contributed by atoms with Crippen molar-refractivity contribution in [1.29, 1.82) is 0 Å². The smallest absolute Gasteiger partial charge is 0.260 e. The van der Waals surface area contributed by atoms with E-state index in [2.05, 4.69) is 4.98 Å². The minimum absolute atomic E-state index is 0.00775. The fourth-order valence-corrected chi connectivity index (χ4v) is 4.03. The Morgan fingerprint density at radius 3 is 2.74 bits per heavy atom. The number of anilines is 1. The van der Waals surface area contributed by atoms with Gasteiger partial charge in [0.2, 0.25) is 0 Å². The van der Waals surface area contributed by atoms with Crippen LogP contribution in [0, 0.1) is 17.5 Å². The average Bonchev–Trinajstić information content (AvgIpc) is 3.31. The first-order chi connectivity index (χ1) is 13.0. The van der Waals surface area contributed by atoms with Crippen LogP contribution in [0.2, 0.25) is 0 Å². The summed E-state index contributed by atoms with van der Waals surface area (Å²) in [6.07, 6.45) is 1.48. The maximum absolute atomic E-state index is 14.0. The summed E-state index contributed by atoms with van der Waals surface area (Å²) in [4.78, 5) is 18.6. The lowest BCUT2D eigenvalue weighted by atomic mass is 10.1. The highest BCUT2D eigenvalue weighted by molar-refractivity contribution is 7.22. The molecule has 27 heavy (non-hydrogen) atoms. The van der Waals surface area contributed by atoms with Crippen LogP contribution in [0.15, 0.2) is 36.4 Å². The quantitative estimate of drug-likeness (QED) is 0.655. The molecule has 3 aromatic rings. The minimum atomic E-state index is -1.10. The summed E-state index contributed by atoms with van der Waals surface area (Å²) in [6.45, 7) is 0.811. The number of carbonyl (C=O) groups excluding carboxylic acids is 1. The van der Waals surface area contributed by atoms with Gasteiger partial charge in [-0.15, -0.1) is 0 Å². The van der Waals surface area contributed by atoms with Crippen molar-refractivity contribution in [2.24, 2.45) is 0 Å². The molecule has 2 heterocycles. The Balaban J connectivity index is 1.73. The van der Waals surface area contributed by atoms with Crippen molar-refractivity contribution in [3.63, 3.8) is 0 Å². The van der Waals surface area contributed by atoms with Crippen molar-refractivity contribution in [3.05, 3.63) is 59.4 Å². The largest absolute Gasteiger partial charge is 0.376 e. The van der Waals surface area contributed by atoms with Crippen LogP contribution in [-0.4, -0.2) is 30.1 Å². The Morgan fingerprint density at radius 1 is 1.19 bits per heavy atom. The van der Waals surface area contributed by atoms with Gasteiger partial charge >= 0.3 is 0 Å². The number of benzene rings is 2. The van der Waals surface area contributed by atoms with Crippen LogP contribution in [-0.2, 0) is 4.74 Å². The normalized spacial score (nSPS) is 16.8.